The van der Waals surface area contributed by atoms with E-state index in [0.29, 0.717) is 26.1 Å². The second-order valence-electron chi connectivity index (χ2n) is 5.80. The molecule has 2 aromatic rings. The number of allylic oxidation sites excluding steroid dienone is 1. The zero-order valence-electron chi connectivity index (χ0n) is 14.5. The van der Waals surface area contributed by atoms with Crippen LogP contribution < -0.4 is 10.6 Å². The molecule has 1 aliphatic rings. The zero-order valence-corrected chi connectivity index (χ0v) is 16.8. The summed E-state index contributed by atoms with van der Waals surface area (Å²) < 4.78 is 12.9. The van der Waals surface area contributed by atoms with E-state index in [-0.39, 0.29) is 5.82 Å². The first-order chi connectivity index (χ1) is 13.0. The van der Waals surface area contributed by atoms with Crippen LogP contribution >= 0.6 is 35.0 Å². The summed E-state index contributed by atoms with van der Waals surface area (Å²) in [6.45, 7) is 2.68. The number of rotatable bonds is 6. The van der Waals surface area contributed by atoms with Gasteiger partial charge >= 0.3 is 0 Å². The first-order valence-electron chi connectivity index (χ1n) is 8.21. The molecule has 1 aliphatic heterocycles. The van der Waals surface area contributed by atoms with Crippen molar-refractivity contribution in [1.29, 1.82) is 0 Å². The summed E-state index contributed by atoms with van der Waals surface area (Å²) in [5, 5.41) is 8.94. The minimum absolute atomic E-state index is 0.219. The summed E-state index contributed by atoms with van der Waals surface area (Å²) in [6.07, 6.45) is 2.54. The molecule has 1 heterocycles. The van der Waals surface area contributed by atoms with E-state index in [4.69, 9.17) is 23.2 Å². The second-order valence-corrected chi connectivity index (χ2v) is 7.59. The number of aliphatic imine (C=N–C) groups is 2. The van der Waals surface area contributed by atoms with Crippen LogP contribution in [0.15, 0.2) is 64.3 Å². The molecule has 0 aliphatic carbocycles. The summed E-state index contributed by atoms with van der Waals surface area (Å²) in [5.74, 6) is -0.219. The Hall–Kier alpha value is -2.02. The Morgan fingerprint density at radius 1 is 1.22 bits per heavy atom. The highest BCUT2D eigenvalue weighted by atomic mass is 35.5. The average molecular weight is 423 g/mol. The standard InChI is InChI=1S/C19H17Cl2FN4S/c1-12(23-9-8-13-2-5-15(22)6-3-13)11-24-18-26-19(27-18)25-17-10-14(20)4-7-16(17)21/h2-7,10-11,23H,8-9H2,1H3,(H,24,25,26)/b12-11+. The van der Waals surface area contributed by atoms with Gasteiger partial charge in [0, 0.05) is 23.5 Å². The molecular weight excluding hydrogens is 406 g/mol. The normalized spacial score (nSPS) is 15.3. The Labute approximate surface area is 171 Å². The second kappa shape index (κ2) is 9.26. The lowest BCUT2D eigenvalue weighted by Crippen LogP contribution is -2.20. The monoisotopic (exact) mass is 422 g/mol. The van der Waals surface area contributed by atoms with Crippen LogP contribution in [0.25, 0.3) is 0 Å². The van der Waals surface area contributed by atoms with Crippen molar-refractivity contribution in [1.82, 2.24) is 5.32 Å². The number of thioether (sulfide) groups is 1. The fraction of sp³-hybridized carbons (Fsp3) is 0.158. The number of benzene rings is 2. The first kappa shape index (κ1) is 19.7. The molecule has 0 unspecified atom stereocenters. The number of nitrogens with one attached hydrogen (secondary N) is 2. The van der Waals surface area contributed by atoms with Gasteiger partial charge in [0.1, 0.15) is 5.82 Å². The lowest BCUT2D eigenvalue weighted by Gasteiger charge is -2.16. The van der Waals surface area contributed by atoms with Gasteiger partial charge in [-0.3, -0.25) is 0 Å². The van der Waals surface area contributed by atoms with Gasteiger partial charge in [0.05, 0.1) is 10.7 Å². The van der Waals surface area contributed by atoms with Gasteiger partial charge in [-0.05, 0) is 61.0 Å². The highest BCUT2D eigenvalue weighted by Crippen LogP contribution is 2.29. The fourth-order valence-corrected chi connectivity index (χ4v) is 3.16. The largest absolute Gasteiger partial charge is 0.387 e. The van der Waals surface area contributed by atoms with Crippen LogP contribution in [0.4, 0.5) is 10.1 Å². The van der Waals surface area contributed by atoms with Crippen LogP contribution in [0.1, 0.15) is 12.5 Å². The fourth-order valence-electron chi connectivity index (χ4n) is 2.25. The first-order valence-corrected chi connectivity index (χ1v) is 9.78. The van der Waals surface area contributed by atoms with Crippen LogP contribution in [0, 0.1) is 5.82 Å². The molecule has 2 N–H and O–H groups in total. The minimum Gasteiger partial charge on any atom is -0.387 e. The van der Waals surface area contributed by atoms with E-state index in [1.807, 2.05) is 6.92 Å². The topological polar surface area (TPSA) is 48.8 Å². The van der Waals surface area contributed by atoms with E-state index >= 15 is 0 Å². The predicted molar refractivity (Wildman–Crippen MR) is 114 cm³/mol. The molecule has 0 amide bonds. The number of hydrogen-bond donors (Lipinski definition) is 2. The molecule has 0 atom stereocenters. The SMILES string of the molecule is C/C(=C\N=C1N=C(Nc2cc(Cl)ccc2Cl)S1)NCCc1ccc(F)cc1. The molecule has 0 saturated carbocycles. The van der Waals surface area contributed by atoms with Crippen molar-refractivity contribution >= 4 is 51.0 Å². The van der Waals surface area contributed by atoms with Crippen molar-refractivity contribution in [2.75, 3.05) is 11.9 Å². The van der Waals surface area contributed by atoms with E-state index in [1.165, 1.54) is 23.9 Å². The van der Waals surface area contributed by atoms with Crippen LogP contribution in [0.5, 0.6) is 0 Å². The third kappa shape index (κ3) is 5.99. The lowest BCUT2D eigenvalue weighted by molar-refractivity contribution is 0.626. The van der Waals surface area contributed by atoms with Crippen LogP contribution in [-0.4, -0.2) is 16.9 Å². The third-order valence-electron chi connectivity index (χ3n) is 3.65. The van der Waals surface area contributed by atoms with Gasteiger partial charge in [-0.1, -0.05) is 35.3 Å². The summed E-state index contributed by atoms with van der Waals surface area (Å²) in [6, 6.07) is 11.7. The maximum Gasteiger partial charge on any atom is 0.197 e. The average Bonchev–Trinajstić information content (AvgIpc) is 2.61. The number of halogens is 3. The lowest BCUT2D eigenvalue weighted by atomic mass is 10.1. The Bertz CT molecular complexity index is 910. The Kier molecular flexibility index (Phi) is 6.77. The number of hydrogen-bond acceptors (Lipinski definition) is 4. The van der Waals surface area contributed by atoms with Gasteiger partial charge in [-0.2, -0.15) is 4.99 Å². The Morgan fingerprint density at radius 3 is 2.70 bits per heavy atom. The molecule has 2 aromatic carbocycles. The third-order valence-corrected chi connectivity index (χ3v) is 4.99. The van der Waals surface area contributed by atoms with Crippen LogP contribution in [0.3, 0.4) is 0 Å². The van der Waals surface area contributed by atoms with E-state index in [9.17, 15) is 4.39 Å². The molecule has 3 rings (SSSR count). The molecular formula is C19H17Cl2FN4S. The predicted octanol–water partition coefficient (Wildman–Crippen LogP) is 5.70. The van der Waals surface area contributed by atoms with Gasteiger partial charge in [0.2, 0.25) is 0 Å². The number of anilines is 1. The van der Waals surface area contributed by atoms with E-state index in [1.54, 1.807) is 36.5 Å². The maximum absolute atomic E-state index is 12.9. The zero-order chi connectivity index (χ0) is 19.2. The van der Waals surface area contributed by atoms with Gasteiger partial charge in [0.25, 0.3) is 0 Å². The van der Waals surface area contributed by atoms with Gasteiger partial charge in [-0.25, -0.2) is 9.38 Å². The molecule has 8 heteroatoms. The summed E-state index contributed by atoms with van der Waals surface area (Å²) in [4.78, 5) is 8.62. The quantitative estimate of drug-likeness (QED) is 0.627. The van der Waals surface area contributed by atoms with E-state index in [2.05, 4.69) is 20.6 Å². The van der Waals surface area contributed by atoms with E-state index in [0.717, 1.165) is 24.2 Å². The molecule has 0 radical (unpaired) electrons. The maximum atomic E-state index is 12.9. The van der Waals surface area contributed by atoms with Crippen molar-refractivity contribution in [2.24, 2.45) is 9.98 Å². The molecule has 0 spiro atoms. The number of amidine groups is 2. The van der Waals surface area contributed by atoms with Gasteiger partial charge in [0.15, 0.2) is 10.3 Å². The number of nitrogens with zero attached hydrogens (tertiary/aromatic N) is 2. The van der Waals surface area contributed by atoms with Crippen molar-refractivity contribution in [2.45, 2.75) is 13.3 Å². The molecule has 0 bridgehead atoms. The van der Waals surface area contributed by atoms with Crippen molar-refractivity contribution in [3.05, 3.63) is 75.8 Å². The Morgan fingerprint density at radius 2 is 1.96 bits per heavy atom. The molecule has 0 saturated heterocycles. The molecule has 4 nitrogen and oxygen atoms in total. The van der Waals surface area contributed by atoms with Crippen LogP contribution in [-0.2, 0) is 6.42 Å². The minimum atomic E-state index is -0.219. The van der Waals surface area contributed by atoms with Crippen molar-refractivity contribution < 1.29 is 4.39 Å². The smallest absolute Gasteiger partial charge is 0.197 e. The molecule has 0 fully saturated rings. The van der Waals surface area contributed by atoms with E-state index < -0.39 is 0 Å². The molecule has 140 valence electrons. The summed E-state index contributed by atoms with van der Waals surface area (Å²) >= 11 is 13.5. The summed E-state index contributed by atoms with van der Waals surface area (Å²) in [7, 11) is 0. The van der Waals surface area contributed by atoms with Crippen LogP contribution in [0.2, 0.25) is 10.0 Å². The van der Waals surface area contributed by atoms with Crippen molar-refractivity contribution in [3.8, 4) is 0 Å². The summed E-state index contributed by atoms with van der Waals surface area (Å²) in [5.41, 5.74) is 2.72. The van der Waals surface area contributed by atoms with Crippen molar-refractivity contribution in [3.63, 3.8) is 0 Å². The Balaban J connectivity index is 1.46. The highest BCUT2D eigenvalue weighted by Gasteiger charge is 2.18. The highest BCUT2D eigenvalue weighted by molar-refractivity contribution is 8.29. The van der Waals surface area contributed by atoms with Gasteiger partial charge < -0.3 is 10.6 Å². The molecule has 0 aromatic heterocycles. The van der Waals surface area contributed by atoms with Gasteiger partial charge in [-0.15, -0.1) is 0 Å². The molecule has 27 heavy (non-hydrogen) atoms.